The second kappa shape index (κ2) is 15.8. The molecular weight excluding hydrogens is 457 g/mol. The minimum Gasteiger partial charge on any atom is -0.391 e. The lowest BCUT2D eigenvalue weighted by Crippen LogP contribution is -2.57. The number of unbranched alkanes of at least 4 members (excludes halogenated alkanes) is 3. The number of hydrogen-bond acceptors (Lipinski definition) is 8. The van der Waals surface area contributed by atoms with Crippen LogP contribution in [-0.2, 0) is 28.8 Å². The van der Waals surface area contributed by atoms with Gasteiger partial charge in [0.15, 0.2) is 7.85 Å². The van der Waals surface area contributed by atoms with Crippen LogP contribution in [-0.4, -0.2) is 90.9 Å². The second-order valence-corrected chi connectivity index (χ2v) is 8.29. The van der Waals surface area contributed by atoms with Gasteiger partial charge in [-0.3, -0.25) is 28.9 Å². The summed E-state index contributed by atoms with van der Waals surface area (Å²) in [5, 5.41) is 17.3. The molecule has 0 saturated heterocycles. The summed E-state index contributed by atoms with van der Waals surface area (Å²) in [6.07, 6.45) is 4.17. The molecule has 1 rings (SSSR count). The molecule has 5 amide bonds. The highest BCUT2D eigenvalue weighted by molar-refractivity contribution is 6.58. The molecule has 0 spiro atoms. The number of carbonyl (C=O) groups excluding carboxylic acids is 6. The Morgan fingerprint density at radius 1 is 1.00 bits per heavy atom. The first kappa shape index (κ1) is 30.0. The number of nitrogens with one attached hydrogen (secondary N) is 3. The third-order valence-corrected chi connectivity index (χ3v) is 5.28. The van der Waals surface area contributed by atoms with Crippen LogP contribution in [0.15, 0.2) is 12.2 Å². The predicted octanol–water partition coefficient (Wildman–Crippen LogP) is -2.24. The highest BCUT2D eigenvalue weighted by Gasteiger charge is 2.29. The maximum absolute atomic E-state index is 12.7. The molecule has 0 fully saturated rings. The van der Waals surface area contributed by atoms with Gasteiger partial charge in [-0.2, -0.15) is 0 Å². The minimum atomic E-state index is -1.30. The van der Waals surface area contributed by atoms with E-state index in [2.05, 4.69) is 16.0 Å². The molecule has 0 aromatic rings. The first-order valence-corrected chi connectivity index (χ1v) is 11.6. The predicted molar refractivity (Wildman–Crippen MR) is 127 cm³/mol. The Morgan fingerprint density at radius 2 is 1.66 bits per heavy atom. The van der Waals surface area contributed by atoms with E-state index in [9.17, 15) is 33.9 Å². The van der Waals surface area contributed by atoms with Crippen LogP contribution in [0, 0.1) is 0 Å². The molecular formula is C22H34BN5O7. The zero-order valence-electron chi connectivity index (χ0n) is 20.0. The maximum Gasteiger partial charge on any atom is 0.253 e. The van der Waals surface area contributed by atoms with E-state index in [1.54, 1.807) is 0 Å². The van der Waals surface area contributed by atoms with Gasteiger partial charge in [-0.25, -0.2) is 0 Å². The van der Waals surface area contributed by atoms with Gasteiger partial charge in [0.1, 0.15) is 12.1 Å². The summed E-state index contributed by atoms with van der Waals surface area (Å²) in [4.78, 5) is 72.5. The van der Waals surface area contributed by atoms with Crippen molar-refractivity contribution in [3.8, 4) is 0 Å². The van der Waals surface area contributed by atoms with Crippen molar-refractivity contribution in [3.63, 3.8) is 0 Å². The van der Waals surface area contributed by atoms with E-state index in [4.69, 9.17) is 13.6 Å². The Bertz CT molecular complexity index is 800. The van der Waals surface area contributed by atoms with Crippen LogP contribution in [0.1, 0.15) is 51.9 Å². The number of rotatable bonds is 17. The summed E-state index contributed by atoms with van der Waals surface area (Å²) < 4.78 is 0. The molecule has 2 radical (unpaired) electrons. The van der Waals surface area contributed by atoms with Crippen LogP contribution >= 0.6 is 0 Å². The van der Waals surface area contributed by atoms with Gasteiger partial charge in [0.25, 0.3) is 11.8 Å². The molecule has 1 aliphatic rings. The van der Waals surface area contributed by atoms with Gasteiger partial charge in [-0.1, -0.05) is 6.42 Å². The van der Waals surface area contributed by atoms with Gasteiger partial charge in [0.2, 0.25) is 17.7 Å². The van der Waals surface area contributed by atoms with E-state index in [0.717, 1.165) is 4.90 Å². The number of carbonyl (C=O) groups is 6. The van der Waals surface area contributed by atoms with E-state index in [1.807, 2.05) is 0 Å². The topological polar surface area (TPSA) is 188 Å². The maximum atomic E-state index is 12.7. The van der Waals surface area contributed by atoms with Crippen LogP contribution < -0.4 is 21.7 Å². The van der Waals surface area contributed by atoms with Crippen LogP contribution in [0.5, 0.6) is 0 Å². The van der Waals surface area contributed by atoms with Crippen LogP contribution in [0.25, 0.3) is 0 Å². The molecule has 0 aromatic heterocycles. The third-order valence-electron chi connectivity index (χ3n) is 5.28. The van der Waals surface area contributed by atoms with Gasteiger partial charge in [0, 0.05) is 25.1 Å². The molecule has 3 atom stereocenters. The summed E-state index contributed by atoms with van der Waals surface area (Å²) in [7, 11) is 5.04. The number of hydrogen-bond donors (Lipinski definition) is 5. The normalized spacial score (nSPS) is 15.5. The molecule has 35 heavy (non-hydrogen) atoms. The lowest BCUT2D eigenvalue weighted by molar-refractivity contribution is -0.137. The lowest BCUT2D eigenvalue weighted by Gasteiger charge is -2.24. The van der Waals surface area contributed by atoms with Crippen LogP contribution in [0.3, 0.4) is 0 Å². The summed E-state index contributed by atoms with van der Waals surface area (Å²) >= 11 is 0. The molecule has 0 bridgehead atoms. The Balaban J connectivity index is 2.54. The fourth-order valence-electron chi connectivity index (χ4n) is 3.36. The van der Waals surface area contributed by atoms with Gasteiger partial charge in [-0.15, -0.1) is 0 Å². The second-order valence-electron chi connectivity index (χ2n) is 8.29. The van der Waals surface area contributed by atoms with Gasteiger partial charge >= 0.3 is 0 Å². The summed E-state index contributed by atoms with van der Waals surface area (Å²) in [5.41, 5.74) is 4.73. The Morgan fingerprint density at radius 3 is 2.23 bits per heavy atom. The Hall–Kier alpha value is -3.06. The average molecular weight is 491 g/mol. The number of amides is 5. The summed E-state index contributed by atoms with van der Waals surface area (Å²) in [6.45, 7) is 1.60. The molecule has 0 saturated carbocycles. The van der Waals surface area contributed by atoms with E-state index in [0.29, 0.717) is 38.6 Å². The van der Waals surface area contributed by atoms with Gasteiger partial charge in [0.05, 0.1) is 18.3 Å². The fourth-order valence-corrected chi connectivity index (χ4v) is 3.36. The molecule has 6 N–H and O–H groups in total. The quantitative estimate of drug-likeness (QED) is 0.0858. The number of nitrogens with two attached hydrogens (primary N) is 1. The van der Waals surface area contributed by atoms with Crippen LogP contribution in [0.4, 0.5) is 0 Å². The van der Waals surface area contributed by atoms with Crippen molar-refractivity contribution in [1.82, 2.24) is 20.9 Å². The van der Waals surface area contributed by atoms with Gasteiger partial charge < -0.3 is 31.6 Å². The highest BCUT2D eigenvalue weighted by Crippen LogP contribution is 2.08. The van der Waals surface area contributed by atoms with E-state index in [-0.39, 0.29) is 31.2 Å². The smallest absolute Gasteiger partial charge is 0.253 e. The number of aliphatic hydroxyl groups excluding tert-OH is 1. The molecule has 13 heteroatoms. The van der Waals surface area contributed by atoms with Crippen molar-refractivity contribution >= 4 is 43.1 Å². The monoisotopic (exact) mass is 491 g/mol. The molecule has 0 aromatic carbocycles. The number of aliphatic hydroxyl groups is 1. The van der Waals surface area contributed by atoms with Crippen molar-refractivity contribution in [2.45, 2.75) is 70.1 Å². The SMILES string of the molecule is [B]C(=O)CNC(=O)[C@H](CCCCN)NC(=O)[C@@H](NC(=O)CCCCCN1C(=O)C=CC1=O)[C@@H](C)O. The van der Waals surface area contributed by atoms with E-state index in [1.165, 1.54) is 19.1 Å². The average Bonchev–Trinajstić information content (AvgIpc) is 3.11. The van der Waals surface area contributed by atoms with Crippen molar-refractivity contribution in [2.24, 2.45) is 5.73 Å². The largest absolute Gasteiger partial charge is 0.391 e. The first-order chi connectivity index (χ1) is 16.6. The van der Waals surface area contributed by atoms with Crippen molar-refractivity contribution < 1.29 is 33.9 Å². The summed E-state index contributed by atoms with van der Waals surface area (Å²) in [5.74, 6) is -2.56. The zero-order chi connectivity index (χ0) is 26.4. The van der Waals surface area contributed by atoms with Crippen molar-refractivity contribution in [2.75, 3.05) is 19.6 Å². The molecule has 1 aliphatic heterocycles. The zero-order valence-corrected chi connectivity index (χ0v) is 20.0. The molecule has 0 aliphatic carbocycles. The third kappa shape index (κ3) is 11.3. The minimum absolute atomic E-state index is 0.0651. The molecule has 12 nitrogen and oxygen atoms in total. The Kier molecular flexibility index (Phi) is 13.5. The van der Waals surface area contributed by atoms with Gasteiger partial charge in [-0.05, 0) is 45.6 Å². The Labute approximate surface area is 205 Å². The fraction of sp³-hybridized carbons (Fsp3) is 0.636. The van der Waals surface area contributed by atoms with Crippen molar-refractivity contribution in [3.05, 3.63) is 12.2 Å². The number of nitrogens with zero attached hydrogens (tertiary/aromatic N) is 1. The molecule has 0 unspecified atom stereocenters. The number of imide groups is 1. The summed E-state index contributed by atoms with van der Waals surface area (Å²) in [6, 6.07) is -2.30. The standard InChI is InChI=1S/C22H34BN5O7/c1-14(29)20(22(35)26-15(7-4-5-11-24)21(34)25-13-16(23)30)27-17(31)8-3-2-6-12-28-18(32)9-10-19(28)33/h9-10,14-15,20,29H,2-8,11-13,24H2,1H3,(H,25,34)(H,26,35)(H,27,31)/t14-,15+,20+/m1/s1. The highest BCUT2D eigenvalue weighted by atomic mass is 16.3. The van der Waals surface area contributed by atoms with Crippen molar-refractivity contribution in [1.29, 1.82) is 0 Å². The first-order valence-electron chi connectivity index (χ1n) is 11.6. The van der Waals surface area contributed by atoms with E-state index < -0.39 is 48.1 Å². The molecule has 192 valence electrons. The molecule has 1 heterocycles. The van der Waals surface area contributed by atoms with E-state index >= 15 is 0 Å². The lowest BCUT2D eigenvalue weighted by atomic mass is 10.0. The van der Waals surface area contributed by atoms with Crippen LogP contribution in [0.2, 0.25) is 0 Å².